The molecule has 0 radical (unpaired) electrons. The van der Waals surface area contributed by atoms with E-state index in [1.165, 1.54) is 35.2 Å². The molecule has 0 spiro atoms. The van der Waals surface area contributed by atoms with Crippen LogP contribution in [-0.2, 0) is 6.18 Å². The molecule has 0 unspecified atom stereocenters. The molecule has 0 N–H and O–H groups in total. The minimum Gasteiger partial charge on any atom is -0.338 e. The van der Waals surface area contributed by atoms with Gasteiger partial charge >= 0.3 is 6.18 Å². The van der Waals surface area contributed by atoms with Crippen molar-refractivity contribution in [3.05, 3.63) is 46.8 Å². The minimum atomic E-state index is -4.41. The Kier molecular flexibility index (Phi) is 4.64. The van der Waals surface area contributed by atoms with Gasteiger partial charge in [-0.15, -0.1) is 11.3 Å². The monoisotopic (exact) mass is 371 g/mol. The predicted molar refractivity (Wildman–Crippen MR) is 85.9 cm³/mol. The first-order valence-corrected chi connectivity index (χ1v) is 8.69. The topological polar surface area (TPSA) is 51.8 Å². The summed E-state index contributed by atoms with van der Waals surface area (Å²) in [7, 11) is 0. The van der Waals surface area contributed by atoms with E-state index in [0.29, 0.717) is 5.89 Å². The standard InChI is InChI=1S/C15H12F3N3OS2/c1-8-7-23-14(19-8)24-9(2)13-20-12(21-22-13)10-4-3-5-11(6-10)15(16,17)18/h3-7,9H,1-2H3/t9-/m1/s1. The number of aryl methyl sites for hydroxylation is 1. The first kappa shape index (κ1) is 17.0. The smallest absolute Gasteiger partial charge is 0.338 e. The van der Waals surface area contributed by atoms with Gasteiger partial charge in [0.2, 0.25) is 11.7 Å². The average molecular weight is 371 g/mol. The quantitative estimate of drug-likeness (QED) is 0.577. The molecule has 3 aromatic rings. The van der Waals surface area contributed by atoms with Crippen LogP contribution in [0, 0.1) is 6.92 Å². The highest BCUT2D eigenvalue weighted by Crippen LogP contribution is 2.36. The van der Waals surface area contributed by atoms with Crippen molar-refractivity contribution < 1.29 is 17.7 Å². The van der Waals surface area contributed by atoms with Gasteiger partial charge < -0.3 is 4.52 Å². The second-order valence-corrected chi connectivity index (χ2v) is 7.50. The van der Waals surface area contributed by atoms with Crippen LogP contribution in [0.4, 0.5) is 13.2 Å². The molecule has 3 rings (SSSR count). The fraction of sp³-hybridized carbons (Fsp3) is 0.267. The van der Waals surface area contributed by atoms with Crippen molar-refractivity contribution in [1.29, 1.82) is 0 Å². The van der Waals surface area contributed by atoms with Crippen LogP contribution in [0.5, 0.6) is 0 Å². The zero-order valence-electron chi connectivity index (χ0n) is 12.7. The lowest BCUT2D eigenvalue weighted by Gasteiger charge is -2.06. The predicted octanol–water partition coefficient (Wildman–Crippen LogP) is 5.37. The highest BCUT2D eigenvalue weighted by Gasteiger charge is 2.31. The van der Waals surface area contributed by atoms with E-state index in [1.807, 2.05) is 19.2 Å². The third kappa shape index (κ3) is 3.78. The summed E-state index contributed by atoms with van der Waals surface area (Å²) >= 11 is 2.98. The third-order valence-electron chi connectivity index (χ3n) is 3.11. The number of halogens is 3. The summed E-state index contributed by atoms with van der Waals surface area (Å²) < 4.78 is 44.4. The maximum Gasteiger partial charge on any atom is 0.416 e. The lowest BCUT2D eigenvalue weighted by molar-refractivity contribution is -0.137. The van der Waals surface area contributed by atoms with Crippen LogP contribution in [0.25, 0.3) is 11.4 Å². The molecule has 1 aromatic carbocycles. The summed E-state index contributed by atoms with van der Waals surface area (Å²) in [4.78, 5) is 8.56. The van der Waals surface area contributed by atoms with Crippen LogP contribution in [0.1, 0.15) is 29.3 Å². The van der Waals surface area contributed by atoms with Crippen LogP contribution in [0.15, 0.2) is 38.5 Å². The fourth-order valence-electron chi connectivity index (χ4n) is 1.94. The Labute approximate surface area is 144 Å². The van der Waals surface area contributed by atoms with E-state index in [1.54, 1.807) is 0 Å². The van der Waals surface area contributed by atoms with E-state index >= 15 is 0 Å². The number of benzene rings is 1. The Morgan fingerprint density at radius 1 is 1.25 bits per heavy atom. The molecule has 2 aromatic heterocycles. The Bertz CT molecular complexity index is 844. The fourth-order valence-corrected chi connectivity index (χ4v) is 3.96. The van der Waals surface area contributed by atoms with Gasteiger partial charge in [0, 0.05) is 16.6 Å². The van der Waals surface area contributed by atoms with Gasteiger partial charge in [-0.1, -0.05) is 29.1 Å². The summed E-state index contributed by atoms with van der Waals surface area (Å²) in [5.74, 6) is 0.485. The van der Waals surface area contributed by atoms with Crippen LogP contribution in [-0.4, -0.2) is 15.1 Å². The number of rotatable bonds is 4. The van der Waals surface area contributed by atoms with Crippen molar-refractivity contribution in [3.8, 4) is 11.4 Å². The zero-order valence-corrected chi connectivity index (χ0v) is 14.3. The average Bonchev–Trinajstić information content (AvgIpc) is 3.16. The van der Waals surface area contributed by atoms with Crippen molar-refractivity contribution in [2.45, 2.75) is 29.6 Å². The van der Waals surface area contributed by atoms with E-state index in [4.69, 9.17) is 4.52 Å². The van der Waals surface area contributed by atoms with Crippen molar-refractivity contribution in [1.82, 2.24) is 15.1 Å². The van der Waals surface area contributed by atoms with E-state index in [-0.39, 0.29) is 16.6 Å². The highest BCUT2D eigenvalue weighted by molar-refractivity contribution is 8.01. The molecule has 0 aliphatic carbocycles. The van der Waals surface area contributed by atoms with Gasteiger partial charge in [-0.05, 0) is 26.0 Å². The molecule has 0 aliphatic rings. The van der Waals surface area contributed by atoms with E-state index in [9.17, 15) is 13.2 Å². The largest absolute Gasteiger partial charge is 0.416 e. The van der Waals surface area contributed by atoms with Gasteiger partial charge in [-0.25, -0.2) is 4.98 Å². The summed E-state index contributed by atoms with van der Waals surface area (Å²) in [6.07, 6.45) is -4.41. The molecule has 1 atom stereocenters. The van der Waals surface area contributed by atoms with Crippen molar-refractivity contribution >= 4 is 23.1 Å². The number of hydrogen-bond donors (Lipinski definition) is 0. The molecule has 4 nitrogen and oxygen atoms in total. The summed E-state index contributed by atoms with van der Waals surface area (Å²) in [6, 6.07) is 4.86. The number of aromatic nitrogens is 3. The number of hydrogen-bond acceptors (Lipinski definition) is 6. The SMILES string of the molecule is Cc1csc(S[C@H](C)c2nc(-c3cccc(C(F)(F)F)c3)no2)n1. The minimum absolute atomic E-state index is 0.138. The molecule has 9 heteroatoms. The van der Waals surface area contributed by atoms with E-state index < -0.39 is 11.7 Å². The van der Waals surface area contributed by atoms with Gasteiger partial charge in [-0.3, -0.25) is 0 Å². The zero-order chi connectivity index (χ0) is 17.3. The summed E-state index contributed by atoms with van der Waals surface area (Å²) in [5, 5.41) is 5.58. The third-order valence-corrected chi connectivity index (χ3v) is 5.29. The van der Waals surface area contributed by atoms with Gasteiger partial charge in [0.1, 0.15) is 0 Å². The molecule has 0 aliphatic heterocycles. The van der Waals surface area contributed by atoms with Crippen LogP contribution < -0.4 is 0 Å². The maximum absolute atomic E-state index is 12.8. The van der Waals surface area contributed by atoms with Crippen molar-refractivity contribution in [3.63, 3.8) is 0 Å². The number of nitrogens with zero attached hydrogens (tertiary/aromatic N) is 3. The maximum atomic E-state index is 12.8. The Hall–Kier alpha value is -1.87. The molecule has 0 saturated carbocycles. The molecular formula is C15H12F3N3OS2. The van der Waals surface area contributed by atoms with Crippen LogP contribution in [0.2, 0.25) is 0 Å². The Morgan fingerprint density at radius 3 is 2.71 bits per heavy atom. The van der Waals surface area contributed by atoms with E-state index in [2.05, 4.69) is 15.1 Å². The lowest BCUT2D eigenvalue weighted by Crippen LogP contribution is -2.04. The normalized spacial score (nSPS) is 13.2. The number of thioether (sulfide) groups is 1. The summed E-state index contributed by atoms with van der Waals surface area (Å²) in [6.45, 7) is 3.79. The second-order valence-electron chi connectivity index (χ2n) is 5.05. The van der Waals surface area contributed by atoms with Crippen LogP contribution >= 0.6 is 23.1 Å². The molecule has 0 fully saturated rings. The van der Waals surface area contributed by atoms with Crippen molar-refractivity contribution in [2.24, 2.45) is 0 Å². The Balaban J connectivity index is 1.80. The molecule has 24 heavy (non-hydrogen) atoms. The number of thiazole rings is 1. The molecule has 2 heterocycles. The van der Waals surface area contributed by atoms with Gasteiger partial charge in [0.15, 0.2) is 4.34 Å². The lowest BCUT2D eigenvalue weighted by atomic mass is 10.1. The van der Waals surface area contributed by atoms with Gasteiger partial charge in [0.25, 0.3) is 0 Å². The molecule has 126 valence electrons. The Morgan fingerprint density at radius 2 is 2.04 bits per heavy atom. The first-order chi connectivity index (χ1) is 11.3. The number of alkyl halides is 3. The van der Waals surface area contributed by atoms with Gasteiger partial charge in [0.05, 0.1) is 10.8 Å². The van der Waals surface area contributed by atoms with Crippen LogP contribution in [0.3, 0.4) is 0 Å². The molecule has 0 bridgehead atoms. The molecular weight excluding hydrogens is 359 g/mol. The summed E-state index contributed by atoms with van der Waals surface area (Å²) in [5.41, 5.74) is 0.457. The van der Waals surface area contributed by atoms with E-state index in [0.717, 1.165) is 22.2 Å². The van der Waals surface area contributed by atoms with Gasteiger partial charge in [-0.2, -0.15) is 18.2 Å². The highest BCUT2D eigenvalue weighted by atomic mass is 32.2. The first-order valence-electron chi connectivity index (χ1n) is 6.93. The van der Waals surface area contributed by atoms with Crippen molar-refractivity contribution in [2.75, 3.05) is 0 Å². The second kappa shape index (κ2) is 6.56. The molecule has 0 amide bonds. The molecule has 0 saturated heterocycles.